The number of benzene rings is 1. The summed E-state index contributed by atoms with van der Waals surface area (Å²) in [6.07, 6.45) is 2.36. The van der Waals surface area contributed by atoms with Crippen LogP contribution in [0.4, 0.5) is 0 Å². The number of ketones is 1. The predicted molar refractivity (Wildman–Crippen MR) is 84.7 cm³/mol. The fraction of sp³-hybridized carbons (Fsp3) is 0.562. The summed E-state index contributed by atoms with van der Waals surface area (Å²) in [6.45, 7) is 9.02. The second-order valence-corrected chi connectivity index (χ2v) is 5.86. The Balaban J connectivity index is 2.62. The molecule has 0 amide bonds. The molecule has 0 unspecified atom stereocenters. The second kappa shape index (κ2) is 8.49. The van der Waals surface area contributed by atoms with E-state index in [4.69, 9.17) is 0 Å². The first kappa shape index (κ1) is 16.4. The smallest absolute Gasteiger partial charge is 0.176 e. The molecule has 0 aliphatic heterocycles. The summed E-state index contributed by atoms with van der Waals surface area (Å²) in [7, 11) is 0. The maximum absolute atomic E-state index is 12.3. The van der Waals surface area contributed by atoms with E-state index in [0.29, 0.717) is 12.5 Å². The standard InChI is InChI=1S/C16H24BrNO/c1-4-13(5-2)11-18(6-3)12-16(19)14-8-7-9-15(17)10-14/h7-10,13H,4-6,11-12H2,1-3H3. The van der Waals surface area contributed by atoms with Crippen LogP contribution in [0.5, 0.6) is 0 Å². The molecule has 3 heteroatoms. The summed E-state index contributed by atoms with van der Waals surface area (Å²) in [5.41, 5.74) is 0.789. The SMILES string of the molecule is CCC(CC)CN(CC)CC(=O)c1cccc(Br)c1. The molecular weight excluding hydrogens is 302 g/mol. The third-order valence-corrected chi connectivity index (χ3v) is 4.13. The van der Waals surface area contributed by atoms with E-state index in [1.54, 1.807) is 0 Å². The van der Waals surface area contributed by atoms with Crippen LogP contribution < -0.4 is 0 Å². The van der Waals surface area contributed by atoms with Crippen molar-refractivity contribution in [3.63, 3.8) is 0 Å². The lowest BCUT2D eigenvalue weighted by molar-refractivity contribution is 0.0920. The maximum atomic E-state index is 12.3. The van der Waals surface area contributed by atoms with Gasteiger partial charge >= 0.3 is 0 Å². The lowest BCUT2D eigenvalue weighted by atomic mass is 10.0. The highest BCUT2D eigenvalue weighted by Gasteiger charge is 2.14. The lowest BCUT2D eigenvalue weighted by Crippen LogP contribution is -2.34. The van der Waals surface area contributed by atoms with Crippen molar-refractivity contribution in [2.24, 2.45) is 5.92 Å². The maximum Gasteiger partial charge on any atom is 0.176 e. The number of likely N-dealkylation sites (N-methyl/N-ethyl adjacent to an activating group) is 1. The van der Waals surface area contributed by atoms with E-state index in [-0.39, 0.29) is 5.78 Å². The van der Waals surface area contributed by atoms with E-state index < -0.39 is 0 Å². The van der Waals surface area contributed by atoms with Crippen LogP contribution in [0.1, 0.15) is 44.0 Å². The average Bonchev–Trinajstić information content (AvgIpc) is 2.43. The van der Waals surface area contributed by atoms with Gasteiger partial charge in [-0.2, -0.15) is 0 Å². The molecule has 1 rings (SSSR count). The minimum absolute atomic E-state index is 0.203. The van der Waals surface area contributed by atoms with Gasteiger partial charge < -0.3 is 0 Å². The highest BCUT2D eigenvalue weighted by atomic mass is 79.9. The van der Waals surface area contributed by atoms with Gasteiger partial charge in [-0.1, -0.05) is 61.7 Å². The van der Waals surface area contributed by atoms with Crippen LogP contribution in [0.3, 0.4) is 0 Å². The average molecular weight is 326 g/mol. The zero-order valence-electron chi connectivity index (χ0n) is 12.2. The molecule has 0 aliphatic rings. The summed E-state index contributed by atoms with van der Waals surface area (Å²) in [5.74, 6) is 0.893. The Bertz CT molecular complexity index is 401. The van der Waals surface area contributed by atoms with Crippen LogP contribution in [-0.4, -0.2) is 30.3 Å². The fourth-order valence-electron chi connectivity index (χ4n) is 2.17. The quantitative estimate of drug-likeness (QED) is 0.660. The fourth-order valence-corrected chi connectivity index (χ4v) is 2.57. The van der Waals surface area contributed by atoms with Crippen LogP contribution in [0.15, 0.2) is 28.7 Å². The molecule has 0 radical (unpaired) electrons. The molecule has 19 heavy (non-hydrogen) atoms. The van der Waals surface area contributed by atoms with Gasteiger partial charge in [-0.25, -0.2) is 0 Å². The summed E-state index contributed by atoms with van der Waals surface area (Å²) in [4.78, 5) is 14.5. The van der Waals surface area contributed by atoms with Crippen molar-refractivity contribution in [1.82, 2.24) is 4.90 Å². The number of rotatable bonds is 8. The van der Waals surface area contributed by atoms with Crippen molar-refractivity contribution in [3.8, 4) is 0 Å². The van der Waals surface area contributed by atoms with E-state index in [9.17, 15) is 4.79 Å². The molecule has 0 heterocycles. The Kier molecular flexibility index (Phi) is 7.32. The van der Waals surface area contributed by atoms with Gasteiger partial charge in [-0.3, -0.25) is 9.69 Å². The molecule has 2 nitrogen and oxygen atoms in total. The Morgan fingerprint density at radius 2 is 1.95 bits per heavy atom. The number of hydrogen-bond acceptors (Lipinski definition) is 2. The number of halogens is 1. The zero-order valence-corrected chi connectivity index (χ0v) is 13.7. The third kappa shape index (κ3) is 5.45. The van der Waals surface area contributed by atoms with Crippen LogP contribution in [0, 0.1) is 5.92 Å². The topological polar surface area (TPSA) is 20.3 Å². The van der Waals surface area contributed by atoms with Gasteiger partial charge in [0, 0.05) is 16.6 Å². The molecule has 0 aliphatic carbocycles. The zero-order chi connectivity index (χ0) is 14.3. The molecule has 0 fully saturated rings. The number of hydrogen-bond donors (Lipinski definition) is 0. The minimum atomic E-state index is 0.203. The monoisotopic (exact) mass is 325 g/mol. The molecule has 0 N–H and O–H groups in total. The first-order valence-electron chi connectivity index (χ1n) is 7.11. The summed E-state index contributed by atoms with van der Waals surface area (Å²) >= 11 is 3.41. The molecule has 0 atom stereocenters. The Morgan fingerprint density at radius 3 is 2.47 bits per heavy atom. The molecule has 0 saturated carbocycles. The van der Waals surface area contributed by atoms with Crippen molar-refractivity contribution in [2.45, 2.75) is 33.6 Å². The number of Topliss-reactive ketones (excluding diaryl/α,β-unsaturated/α-hetero) is 1. The first-order chi connectivity index (χ1) is 9.10. The Hall–Kier alpha value is -0.670. The molecule has 0 saturated heterocycles. The van der Waals surface area contributed by atoms with Gasteiger partial charge in [0.2, 0.25) is 0 Å². The number of carbonyl (C=O) groups excluding carboxylic acids is 1. The van der Waals surface area contributed by atoms with Crippen LogP contribution >= 0.6 is 15.9 Å². The van der Waals surface area contributed by atoms with Crippen molar-refractivity contribution >= 4 is 21.7 Å². The Morgan fingerprint density at radius 1 is 1.26 bits per heavy atom. The van der Waals surface area contributed by atoms with Crippen LogP contribution in [-0.2, 0) is 0 Å². The van der Waals surface area contributed by atoms with E-state index in [1.165, 1.54) is 12.8 Å². The van der Waals surface area contributed by atoms with Crippen molar-refractivity contribution in [1.29, 1.82) is 0 Å². The highest BCUT2D eigenvalue weighted by molar-refractivity contribution is 9.10. The lowest BCUT2D eigenvalue weighted by Gasteiger charge is -2.24. The van der Waals surface area contributed by atoms with E-state index in [2.05, 4.69) is 41.6 Å². The normalized spacial score (nSPS) is 11.3. The van der Waals surface area contributed by atoms with Gasteiger partial charge in [0.1, 0.15) is 0 Å². The predicted octanol–water partition coefficient (Wildman–Crippen LogP) is 4.39. The van der Waals surface area contributed by atoms with E-state index in [0.717, 1.165) is 23.1 Å². The van der Waals surface area contributed by atoms with Gasteiger partial charge in [0.05, 0.1) is 6.54 Å². The number of nitrogens with zero attached hydrogens (tertiary/aromatic N) is 1. The molecule has 0 aromatic heterocycles. The molecule has 106 valence electrons. The molecule has 0 spiro atoms. The molecule has 0 bridgehead atoms. The van der Waals surface area contributed by atoms with E-state index in [1.807, 2.05) is 24.3 Å². The van der Waals surface area contributed by atoms with Gasteiger partial charge in [-0.15, -0.1) is 0 Å². The summed E-state index contributed by atoms with van der Waals surface area (Å²) < 4.78 is 0.960. The van der Waals surface area contributed by atoms with E-state index >= 15 is 0 Å². The first-order valence-corrected chi connectivity index (χ1v) is 7.91. The Labute approximate surface area is 125 Å². The number of carbonyl (C=O) groups is 1. The van der Waals surface area contributed by atoms with Gasteiger partial charge in [0.15, 0.2) is 5.78 Å². The van der Waals surface area contributed by atoms with Crippen LogP contribution in [0.2, 0.25) is 0 Å². The van der Waals surface area contributed by atoms with Gasteiger partial charge in [0.25, 0.3) is 0 Å². The molecule has 1 aromatic carbocycles. The van der Waals surface area contributed by atoms with Crippen molar-refractivity contribution in [3.05, 3.63) is 34.3 Å². The molecule has 1 aromatic rings. The van der Waals surface area contributed by atoms with Crippen molar-refractivity contribution < 1.29 is 4.79 Å². The van der Waals surface area contributed by atoms with Crippen molar-refractivity contribution in [2.75, 3.05) is 19.6 Å². The van der Waals surface area contributed by atoms with Crippen LogP contribution in [0.25, 0.3) is 0 Å². The van der Waals surface area contributed by atoms with Gasteiger partial charge in [-0.05, 0) is 24.6 Å². The highest BCUT2D eigenvalue weighted by Crippen LogP contribution is 2.14. The second-order valence-electron chi connectivity index (χ2n) is 4.94. The summed E-state index contributed by atoms with van der Waals surface area (Å²) in [5, 5.41) is 0. The minimum Gasteiger partial charge on any atom is -0.296 e. The third-order valence-electron chi connectivity index (χ3n) is 3.63. The largest absolute Gasteiger partial charge is 0.296 e. The summed E-state index contributed by atoms with van der Waals surface area (Å²) in [6, 6.07) is 7.64. The molecular formula is C16H24BrNO.